The van der Waals surface area contributed by atoms with Crippen molar-refractivity contribution in [1.82, 2.24) is 9.62 Å². The van der Waals surface area contributed by atoms with Gasteiger partial charge < -0.3 is 10.1 Å². The van der Waals surface area contributed by atoms with Gasteiger partial charge in [-0.25, -0.2) is 8.42 Å². The Bertz CT molecular complexity index is 852. The number of nitrogens with zero attached hydrogens (tertiary/aromatic N) is 1. The van der Waals surface area contributed by atoms with Crippen LogP contribution in [0.4, 0.5) is 0 Å². The Balaban J connectivity index is 2.01. The van der Waals surface area contributed by atoms with Gasteiger partial charge in [0.05, 0.1) is 24.6 Å². The molecule has 0 aliphatic carbocycles. The molecule has 26 heavy (non-hydrogen) atoms. The maximum absolute atomic E-state index is 12.6. The van der Waals surface area contributed by atoms with E-state index in [1.54, 1.807) is 12.1 Å². The number of nitrogens with one attached hydrogen (secondary N) is 1. The lowest BCUT2D eigenvalue weighted by Gasteiger charge is -2.19. The third-order valence-corrected chi connectivity index (χ3v) is 6.23. The second-order valence-corrected chi connectivity index (χ2v) is 8.74. The van der Waals surface area contributed by atoms with Gasteiger partial charge in [-0.1, -0.05) is 28.1 Å². The van der Waals surface area contributed by atoms with E-state index in [-0.39, 0.29) is 23.4 Å². The summed E-state index contributed by atoms with van der Waals surface area (Å²) in [6.07, 6.45) is 0. The van der Waals surface area contributed by atoms with E-state index >= 15 is 0 Å². The molecule has 1 N–H and O–H groups in total. The molecule has 2 aromatic rings. The quantitative estimate of drug-likeness (QED) is 0.717. The summed E-state index contributed by atoms with van der Waals surface area (Å²) in [6, 6.07) is 13.4. The largest absolute Gasteiger partial charge is 0.497 e. The zero-order valence-electron chi connectivity index (χ0n) is 14.8. The van der Waals surface area contributed by atoms with Gasteiger partial charge in [0.15, 0.2) is 0 Å². The van der Waals surface area contributed by atoms with Crippen molar-refractivity contribution in [3.05, 3.63) is 58.6 Å². The fraction of sp³-hybridized carbons (Fsp3) is 0.278. The number of benzene rings is 2. The SMILES string of the molecule is COc1ccc(S(=O)(=O)N(C)CC(=O)N[C@@H](C)c2ccc(Br)cc2)cc1. The maximum Gasteiger partial charge on any atom is 0.243 e. The standard InChI is InChI=1S/C18H21BrN2O4S/c1-13(14-4-6-15(19)7-5-14)20-18(22)12-21(2)26(23,24)17-10-8-16(25-3)9-11-17/h4-11,13H,12H2,1-3H3,(H,20,22)/t13-/m0/s1. The molecule has 1 amide bonds. The van der Waals surface area contributed by atoms with Crippen molar-refractivity contribution >= 4 is 31.9 Å². The van der Waals surface area contributed by atoms with Crippen LogP contribution in [0.15, 0.2) is 57.9 Å². The minimum atomic E-state index is -3.75. The number of carbonyl (C=O) groups is 1. The highest BCUT2D eigenvalue weighted by molar-refractivity contribution is 9.10. The average Bonchev–Trinajstić information content (AvgIpc) is 2.62. The Morgan fingerprint density at radius 3 is 2.27 bits per heavy atom. The molecule has 0 aliphatic heterocycles. The third kappa shape index (κ3) is 5.06. The molecule has 0 fully saturated rings. The van der Waals surface area contributed by atoms with Gasteiger partial charge in [0, 0.05) is 11.5 Å². The summed E-state index contributed by atoms with van der Waals surface area (Å²) >= 11 is 3.36. The first-order valence-corrected chi connectivity index (χ1v) is 10.1. The van der Waals surface area contributed by atoms with Gasteiger partial charge in [-0.15, -0.1) is 0 Å². The van der Waals surface area contributed by atoms with Gasteiger partial charge in [-0.05, 0) is 48.9 Å². The third-order valence-electron chi connectivity index (χ3n) is 3.88. The molecule has 0 aromatic heterocycles. The first-order valence-electron chi connectivity index (χ1n) is 7.89. The number of methoxy groups -OCH3 is 1. The highest BCUT2D eigenvalue weighted by atomic mass is 79.9. The number of carbonyl (C=O) groups excluding carboxylic acids is 1. The van der Waals surface area contributed by atoms with E-state index in [1.807, 2.05) is 31.2 Å². The smallest absolute Gasteiger partial charge is 0.243 e. The van der Waals surface area contributed by atoms with Gasteiger partial charge >= 0.3 is 0 Å². The van der Waals surface area contributed by atoms with E-state index < -0.39 is 10.0 Å². The summed E-state index contributed by atoms with van der Waals surface area (Å²) in [5.74, 6) is 0.188. The first-order chi connectivity index (χ1) is 12.2. The summed E-state index contributed by atoms with van der Waals surface area (Å²) < 4.78 is 32.1. The van der Waals surface area contributed by atoms with Crippen molar-refractivity contribution in [2.75, 3.05) is 20.7 Å². The topological polar surface area (TPSA) is 75.7 Å². The van der Waals surface area contributed by atoms with E-state index in [1.165, 1.54) is 26.3 Å². The van der Waals surface area contributed by atoms with Crippen molar-refractivity contribution in [2.45, 2.75) is 17.9 Å². The minimum absolute atomic E-state index is 0.106. The molecule has 6 nitrogen and oxygen atoms in total. The molecule has 0 aliphatic rings. The van der Waals surface area contributed by atoms with Crippen LogP contribution in [0, 0.1) is 0 Å². The zero-order valence-corrected chi connectivity index (χ0v) is 17.2. The van der Waals surface area contributed by atoms with Crippen molar-refractivity contribution in [2.24, 2.45) is 0 Å². The molecular weight excluding hydrogens is 420 g/mol. The van der Waals surface area contributed by atoms with E-state index in [0.29, 0.717) is 5.75 Å². The predicted molar refractivity (Wildman–Crippen MR) is 104 cm³/mol. The van der Waals surface area contributed by atoms with Gasteiger partial charge in [0.2, 0.25) is 15.9 Å². The number of rotatable bonds is 7. The zero-order chi connectivity index (χ0) is 19.3. The van der Waals surface area contributed by atoms with Crippen molar-refractivity contribution in [3.8, 4) is 5.75 Å². The Kier molecular flexibility index (Phi) is 6.80. The lowest BCUT2D eigenvalue weighted by molar-refractivity contribution is -0.121. The molecule has 140 valence electrons. The van der Waals surface area contributed by atoms with Gasteiger partial charge in [-0.2, -0.15) is 4.31 Å². The van der Waals surface area contributed by atoms with Crippen LogP contribution in [-0.4, -0.2) is 39.3 Å². The van der Waals surface area contributed by atoms with Crippen LogP contribution in [0.3, 0.4) is 0 Å². The lowest BCUT2D eigenvalue weighted by atomic mass is 10.1. The molecule has 8 heteroatoms. The van der Waals surface area contributed by atoms with E-state index in [2.05, 4.69) is 21.2 Å². The number of hydrogen-bond acceptors (Lipinski definition) is 4. The van der Waals surface area contributed by atoms with Crippen LogP contribution in [0.2, 0.25) is 0 Å². The molecule has 2 rings (SSSR count). The number of ether oxygens (including phenoxy) is 1. The van der Waals surface area contributed by atoms with Crippen LogP contribution in [0.1, 0.15) is 18.5 Å². The molecule has 0 saturated carbocycles. The fourth-order valence-electron chi connectivity index (χ4n) is 2.34. The highest BCUT2D eigenvalue weighted by Crippen LogP contribution is 2.19. The summed E-state index contributed by atoms with van der Waals surface area (Å²) in [5, 5.41) is 2.81. The van der Waals surface area contributed by atoms with Gasteiger partial charge in [0.1, 0.15) is 5.75 Å². The van der Waals surface area contributed by atoms with Crippen molar-refractivity contribution < 1.29 is 17.9 Å². The summed E-state index contributed by atoms with van der Waals surface area (Å²) in [5.41, 5.74) is 0.933. The molecule has 0 unspecified atom stereocenters. The number of hydrogen-bond donors (Lipinski definition) is 1. The normalized spacial score (nSPS) is 12.7. The molecule has 0 spiro atoms. The number of sulfonamides is 1. The van der Waals surface area contributed by atoms with Crippen LogP contribution >= 0.6 is 15.9 Å². The van der Waals surface area contributed by atoms with E-state index in [4.69, 9.17) is 4.74 Å². The van der Waals surface area contributed by atoms with Crippen LogP contribution < -0.4 is 10.1 Å². The Morgan fingerprint density at radius 2 is 1.73 bits per heavy atom. The summed E-state index contributed by atoms with van der Waals surface area (Å²) in [6.45, 7) is 1.58. The second kappa shape index (κ2) is 8.66. The van der Waals surface area contributed by atoms with E-state index in [9.17, 15) is 13.2 Å². The van der Waals surface area contributed by atoms with Crippen molar-refractivity contribution in [3.63, 3.8) is 0 Å². The fourth-order valence-corrected chi connectivity index (χ4v) is 3.73. The minimum Gasteiger partial charge on any atom is -0.497 e. The number of likely N-dealkylation sites (N-methyl/N-ethyl adjacent to an activating group) is 1. The molecule has 2 aromatic carbocycles. The van der Waals surface area contributed by atoms with Crippen LogP contribution in [-0.2, 0) is 14.8 Å². The molecule has 0 radical (unpaired) electrons. The maximum atomic E-state index is 12.6. The molecule has 1 atom stereocenters. The molecular formula is C18H21BrN2O4S. The second-order valence-electron chi connectivity index (χ2n) is 5.78. The Hall–Kier alpha value is -1.90. The number of halogens is 1. The van der Waals surface area contributed by atoms with Gasteiger partial charge in [-0.3, -0.25) is 4.79 Å². The monoisotopic (exact) mass is 440 g/mol. The van der Waals surface area contributed by atoms with E-state index in [0.717, 1.165) is 14.3 Å². The van der Waals surface area contributed by atoms with Gasteiger partial charge in [0.25, 0.3) is 0 Å². The number of amides is 1. The first kappa shape index (κ1) is 20.4. The molecule has 0 saturated heterocycles. The van der Waals surface area contributed by atoms with Crippen LogP contribution in [0.25, 0.3) is 0 Å². The van der Waals surface area contributed by atoms with Crippen molar-refractivity contribution in [1.29, 1.82) is 0 Å². The lowest BCUT2D eigenvalue weighted by Crippen LogP contribution is -2.39. The van der Waals surface area contributed by atoms with Crippen LogP contribution in [0.5, 0.6) is 5.75 Å². The predicted octanol–water partition coefficient (Wildman–Crippen LogP) is 2.96. The molecule has 0 bridgehead atoms. The summed E-state index contributed by atoms with van der Waals surface area (Å²) in [4.78, 5) is 12.3. The highest BCUT2D eigenvalue weighted by Gasteiger charge is 2.23. The average molecular weight is 441 g/mol. The Labute approximate surface area is 162 Å². The Morgan fingerprint density at radius 1 is 1.15 bits per heavy atom. The summed E-state index contributed by atoms with van der Waals surface area (Å²) in [7, 11) is -0.869. The molecule has 0 heterocycles.